The highest BCUT2D eigenvalue weighted by molar-refractivity contribution is 5.99. The number of rotatable bonds is 5. The van der Waals surface area contributed by atoms with Crippen LogP contribution in [0.1, 0.15) is 36.7 Å². The Bertz CT molecular complexity index is 582. The molecular formula is C17H21NO2. The lowest BCUT2D eigenvalue weighted by molar-refractivity contribution is 0.0773. The topological polar surface area (TPSA) is 33.5 Å². The molecule has 20 heavy (non-hydrogen) atoms. The van der Waals surface area contributed by atoms with Crippen molar-refractivity contribution in [1.82, 2.24) is 4.90 Å². The molecule has 1 aromatic carbocycles. The number of furan rings is 1. The van der Waals surface area contributed by atoms with E-state index in [0.717, 1.165) is 12.0 Å². The third-order valence-electron chi connectivity index (χ3n) is 3.54. The fourth-order valence-electron chi connectivity index (χ4n) is 2.31. The first-order valence-corrected chi connectivity index (χ1v) is 7.17. The summed E-state index contributed by atoms with van der Waals surface area (Å²) >= 11 is 0. The van der Waals surface area contributed by atoms with E-state index >= 15 is 0 Å². The van der Waals surface area contributed by atoms with Crippen molar-refractivity contribution < 1.29 is 9.21 Å². The van der Waals surface area contributed by atoms with Crippen LogP contribution in [0.3, 0.4) is 0 Å². The van der Waals surface area contributed by atoms with Crippen LogP contribution in [0.15, 0.2) is 41.0 Å². The largest absolute Gasteiger partial charge is 0.464 e. The number of carbonyl (C=O) groups excluding carboxylic acids is 1. The molecular weight excluding hydrogens is 250 g/mol. The molecule has 0 N–H and O–H groups in total. The van der Waals surface area contributed by atoms with Crippen molar-refractivity contribution in [2.75, 3.05) is 13.1 Å². The summed E-state index contributed by atoms with van der Waals surface area (Å²) in [6.45, 7) is 7.49. The maximum absolute atomic E-state index is 12.5. The number of aryl methyl sites for hydroxylation is 1. The molecule has 3 heteroatoms. The molecule has 0 saturated carbocycles. The van der Waals surface area contributed by atoms with Gasteiger partial charge in [-0.2, -0.15) is 0 Å². The fraction of sp³-hybridized carbons (Fsp3) is 0.353. The minimum Gasteiger partial charge on any atom is -0.464 e. The van der Waals surface area contributed by atoms with Gasteiger partial charge in [-0.1, -0.05) is 25.1 Å². The number of carbonyl (C=O) groups is 1. The average Bonchev–Trinajstić information content (AvgIpc) is 2.98. The fourth-order valence-corrected chi connectivity index (χ4v) is 2.31. The molecule has 0 saturated heterocycles. The van der Waals surface area contributed by atoms with Crippen LogP contribution in [-0.4, -0.2) is 23.9 Å². The smallest absolute Gasteiger partial charge is 0.257 e. The van der Waals surface area contributed by atoms with Crippen LogP contribution >= 0.6 is 0 Å². The van der Waals surface area contributed by atoms with Crippen LogP contribution in [0.25, 0.3) is 11.3 Å². The number of benzene rings is 1. The number of amides is 1. The molecule has 0 aliphatic heterocycles. The first-order chi connectivity index (χ1) is 9.71. The number of nitrogens with zero attached hydrogens (tertiary/aromatic N) is 1. The van der Waals surface area contributed by atoms with Crippen LogP contribution in [-0.2, 0) is 6.42 Å². The molecule has 3 nitrogen and oxygen atoms in total. The summed E-state index contributed by atoms with van der Waals surface area (Å²) in [5.41, 5.74) is 2.84. The monoisotopic (exact) mass is 271 g/mol. The summed E-state index contributed by atoms with van der Waals surface area (Å²) in [5, 5.41) is 0. The van der Waals surface area contributed by atoms with Crippen molar-refractivity contribution in [2.45, 2.75) is 27.2 Å². The second-order valence-corrected chi connectivity index (χ2v) is 4.69. The molecule has 0 bridgehead atoms. The Hall–Kier alpha value is -2.03. The van der Waals surface area contributed by atoms with Gasteiger partial charge in [-0.25, -0.2) is 0 Å². The third kappa shape index (κ3) is 2.77. The van der Waals surface area contributed by atoms with Crippen molar-refractivity contribution in [3.63, 3.8) is 0 Å². The SMILES string of the molecule is CCc1cccc(-c2occc2C(=O)N(CC)CC)c1. The van der Waals surface area contributed by atoms with E-state index in [0.29, 0.717) is 24.4 Å². The summed E-state index contributed by atoms with van der Waals surface area (Å²) in [7, 11) is 0. The molecule has 1 heterocycles. The van der Waals surface area contributed by atoms with Crippen molar-refractivity contribution in [3.8, 4) is 11.3 Å². The first kappa shape index (κ1) is 14.4. The molecule has 0 fully saturated rings. The van der Waals surface area contributed by atoms with Gasteiger partial charge in [-0.15, -0.1) is 0 Å². The molecule has 1 amide bonds. The lowest BCUT2D eigenvalue weighted by Crippen LogP contribution is -2.30. The zero-order valence-electron chi connectivity index (χ0n) is 12.3. The normalized spacial score (nSPS) is 10.6. The van der Waals surface area contributed by atoms with Crippen LogP contribution in [0.5, 0.6) is 0 Å². The van der Waals surface area contributed by atoms with Gasteiger partial charge in [0.15, 0.2) is 0 Å². The van der Waals surface area contributed by atoms with Crippen LogP contribution in [0, 0.1) is 0 Å². The standard InChI is InChI=1S/C17H21NO2/c1-4-13-8-7-9-14(12-13)16-15(10-11-20-16)17(19)18(5-2)6-3/h7-12H,4-6H2,1-3H3. The highest BCUT2D eigenvalue weighted by Crippen LogP contribution is 2.27. The molecule has 0 radical (unpaired) electrons. The van der Waals surface area contributed by atoms with Crippen LogP contribution < -0.4 is 0 Å². The number of hydrogen-bond acceptors (Lipinski definition) is 2. The van der Waals surface area contributed by atoms with Crippen molar-refractivity contribution in [2.24, 2.45) is 0 Å². The van der Waals surface area contributed by atoms with Gasteiger partial charge in [0.1, 0.15) is 5.76 Å². The Labute approximate surface area is 120 Å². The lowest BCUT2D eigenvalue weighted by atomic mass is 10.0. The maximum Gasteiger partial charge on any atom is 0.257 e. The van der Waals surface area contributed by atoms with Gasteiger partial charge in [0, 0.05) is 18.7 Å². The van der Waals surface area contributed by atoms with E-state index in [1.807, 2.05) is 26.0 Å². The molecule has 0 spiro atoms. The van der Waals surface area contributed by atoms with Crippen LogP contribution in [0.2, 0.25) is 0 Å². The summed E-state index contributed by atoms with van der Waals surface area (Å²) in [6, 6.07) is 9.91. The van der Waals surface area contributed by atoms with Gasteiger partial charge in [0.2, 0.25) is 0 Å². The molecule has 0 atom stereocenters. The van der Waals surface area contributed by atoms with Gasteiger partial charge in [-0.3, -0.25) is 4.79 Å². The van der Waals surface area contributed by atoms with E-state index in [1.165, 1.54) is 5.56 Å². The summed E-state index contributed by atoms with van der Waals surface area (Å²) in [4.78, 5) is 14.3. The average molecular weight is 271 g/mol. The highest BCUT2D eigenvalue weighted by atomic mass is 16.3. The Morgan fingerprint density at radius 2 is 1.90 bits per heavy atom. The molecule has 2 rings (SSSR count). The van der Waals surface area contributed by atoms with E-state index in [-0.39, 0.29) is 5.91 Å². The van der Waals surface area contributed by atoms with E-state index in [9.17, 15) is 4.79 Å². The molecule has 1 aromatic heterocycles. The highest BCUT2D eigenvalue weighted by Gasteiger charge is 2.20. The molecule has 0 aliphatic rings. The molecule has 0 unspecified atom stereocenters. The molecule has 2 aromatic rings. The van der Waals surface area contributed by atoms with E-state index in [1.54, 1.807) is 17.2 Å². The van der Waals surface area contributed by atoms with Gasteiger partial charge in [0.25, 0.3) is 5.91 Å². The van der Waals surface area contributed by atoms with E-state index in [4.69, 9.17) is 4.42 Å². The Balaban J connectivity index is 2.39. The maximum atomic E-state index is 12.5. The number of hydrogen-bond donors (Lipinski definition) is 0. The zero-order valence-corrected chi connectivity index (χ0v) is 12.3. The Kier molecular flexibility index (Phi) is 4.61. The van der Waals surface area contributed by atoms with Crippen molar-refractivity contribution >= 4 is 5.91 Å². The minimum absolute atomic E-state index is 0.0284. The first-order valence-electron chi connectivity index (χ1n) is 7.17. The Morgan fingerprint density at radius 1 is 1.15 bits per heavy atom. The van der Waals surface area contributed by atoms with Gasteiger partial charge in [0.05, 0.1) is 11.8 Å². The zero-order chi connectivity index (χ0) is 14.5. The minimum atomic E-state index is 0.0284. The van der Waals surface area contributed by atoms with E-state index < -0.39 is 0 Å². The van der Waals surface area contributed by atoms with Gasteiger partial charge < -0.3 is 9.32 Å². The second kappa shape index (κ2) is 6.42. The van der Waals surface area contributed by atoms with Crippen LogP contribution in [0.4, 0.5) is 0 Å². The molecule has 106 valence electrons. The van der Waals surface area contributed by atoms with Gasteiger partial charge in [-0.05, 0) is 38.0 Å². The van der Waals surface area contributed by atoms with E-state index in [2.05, 4.69) is 19.1 Å². The third-order valence-corrected chi connectivity index (χ3v) is 3.54. The molecule has 0 aliphatic carbocycles. The van der Waals surface area contributed by atoms with Crippen molar-refractivity contribution in [3.05, 3.63) is 47.7 Å². The Morgan fingerprint density at radius 3 is 2.55 bits per heavy atom. The summed E-state index contributed by atoms with van der Waals surface area (Å²) in [6.07, 6.45) is 2.55. The quantitative estimate of drug-likeness (QED) is 0.823. The predicted octanol–water partition coefficient (Wildman–Crippen LogP) is 3.99. The summed E-state index contributed by atoms with van der Waals surface area (Å²) in [5.74, 6) is 0.692. The van der Waals surface area contributed by atoms with Gasteiger partial charge >= 0.3 is 0 Å². The summed E-state index contributed by atoms with van der Waals surface area (Å²) < 4.78 is 5.56. The van der Waals surface area contributed by atoms with Crippen molar-refractivity contribution in [1.29, 1.82) is 0 Å². The lowest BCUT2D eigenvalue weighted by Gasteiger charge is -2.18. The second-order valence-electron chi connectivity index (χ2n) is 4.69. The predicted molar refractivity (Wildman–Crippen MR) is 80.8 cm³/mol.